The van der Waals surface area contributed by atoms with Gasteiger partial charge in [0.25, 0.3) is 11.5 Å². The van der Waals surface area contributed by atoms with Gasteiger partial charge >= 0.3 is 0 Å². The van der Waals surface area contributed by atoms with Crippen molar-refractivity contribution in [2.45, 2.75) is 26.8 Å². The number of hydrogen-bond donors (Lipinski definition) is 1. The minimum Gasteiger partial charge on any atom is -0.350 e. The van der Waals surface area contributed by atoms with Gasteiger partial charge in [-0.05, 0) is 19.4 Å². The van der Waals surface area contributed by atoms with Crippen molar-refractivity contribution in [2.75, 3.05) is 6.54 Å². The summed E-state index contributed by atoms with van der Waals surface area (Å²) in [6.07, 6.45) is 2.18. The first-order chi connectivity index (χ1) is 14.0. The van der Waals surface area contributed by atoms with Crippen LogP contribution < -0.4 is 10.9 Å². The number of carbonyl (C=O) groups excluding carboxylic acids is 2. The van der Waals surface area contributed by atoms with Gasteiger partial charge in [0.2, 0.25) is 0 Å². The Kier molecular flexibility index (Phi) is 6.34. The van der Waals surface area contributed by atoms with E-state index in [9.17, 15) is 14.4 Å². The van der Waals surface area contributed by atoms with Crippen LogP contribution in [0.4, 0.5) is 0 Å². The number of nitrogens with zero attached hydrogens (tertiary/aromatic N) is 2. The smallest absolute Gasteiger partial charge is 0.253 e. The Morgan fingerprint density at radius 2 is 1.72 bits per heavy atom. The van der Waals surface area contributed by atoms with E-state index in [1.807, 2.05) is 26.0 Å². The molecule has 148 valence electrons. The number of hydrogen-bond acceptors (Lipinski definition) is 4. The van der Waals surface area contributed by atoms with Gasteiger partial charge in [-0.3, -0.25) is 19.0 Å². The van der Waals surface area contributed by atoms with Crippen molar-refractivity contribution in [1.29, 1.82) is 0 Å². The summed E-state index contributed by atoms with van der Waals surface area (Å²) in [7, 11) is 0. The number of benzene rings is 2. The SMILES string of the molecule is CCc1cc(=O)n(CCNC(=O)c2ccccc2C(=O)c2ccc(C)cc2)cn1. The molecule has 6 nitrogen and oxygen atoms in total. The Labute approximate surface area is 169 Å². The molecular formula is C23H23N3O3. The second kappa shape index (κ2) is 9.10. The summed E-state index contributed by atoms with van der Waals surface area (Å²) in [5.74, 6) is -0.557. The van der Waals surface area contributed by atoms with E-state index in [-0.39, 0.29) is 23.8 Å². The summed E-state index contributed by atoms with van der Waals surface area (Å²) in [5, 5.41) is 2.78. The monoisotopic (exact) mass is 389 g/mol. The fourth-order valence-electron chi connectivity index (χ4n) is 2.95. The van der Waals surface area contributed by atoms with E-state index < -0.39 is 0 Å². The number of amides is 1. The average molecular weight is 389 g/mol. The van der Waals surface area contributed by atoms with Gasteiger partial charge in [-0.1, -0.05) is 55.0 Å². The normalized spacial score (nSPS) is 10.6. The van der Waals surface area contributed by atoms with E-state index in [2.05, 4.69) is 10.3 Å². The molecule has 0 saturated heterocycles. The third-order valence-electron chi connectivity index (χ3n) is 4.67. The number of rotatable bonds is 7. The van der Waals surface area contributed by atoms with Crippen LogP contribution in [-0.4, -0.2) is 27.8 Å². The van der Waals surface area contributed by atoms with Crippen LogP contribution >= 0.6 is 0 Å². The molecule has 6 heteroatoms. The summed E-state index contributed by atoms with van der Waals surface area (Å²) < 4.78 is 1.45. The second-order valence-corrected chi connectivity index (χ2v) is 6.76. The molecular weight excluding hydrogens is 366 g/mol. The van der Waals surface area contributed by atoms with Crippen LogP contribution in [0.25, 0.3) is 0 Å². The maximum atomic E-state index is 12.8. The van der Waals surface area contributed by atoms with Crippen LogP contribution in [0.2, 0.25) is 0 Å². The number of carbonyl (C=O) groups is 2. The van der Waals surface area contributed by atoms with Gasteiger partial charge < -0.3 is 5.32 Å². The number of aryl methyl sites for hydroxylation is 2. The van der Waals surface area contributed by atoms with Gasteiger partial charge in [0, 0.05) is 36.0 Å². The molecule has 1 aromatic heterocycles. The lowest BCUT2D eigenvalue weighted by molar-refractivity contribution is 0.0940. The third kappa shape index (κ3) is 4.85. The maximum Gasteiger partial charge on any atom is 0.253 e. The molecule has 0 aliphatic heterocycles. The predicted octanol–water partition coefficient (Wildman–Crippen LogP) is 2.78. The summed E-state index contributed by atoms with van der Waals surface area (Å²) in [4.78, 5) is 41.7. The molecule has 0 bridgehead atoms. The molecule has 3 aromatic rings. The van der Waals surface area contributed by atoms with Crippen LogP contribution in [0.3, 0.4) is 0 Å². The van der Waals surface area contributed by atoms with E-state index in [4.69, 9.17) is 0 Å². The van der Waals surface area contributed by atoms with E-state index >= 15 is 0 Å². The second-order valence-electron chi connectivity index (χ2n) is 6.76. The molecule has 0 radical (unpaired) electrons. The highest BCUT2D eigenvalue weighted by molar-refractivity contribution is 6.15. The molecule has 1 N–H and O–H groups in total. The highest BCUT2D eigenvalue weighted by atomic mass is 16.2. The molecule has 0 spiro atoms. The average Bonchev–Trinajstić information content (AvgIpc) is 2.74. The van der Waals surface area contributed by atoms with Crippen molar-refractivity contribution in [3.8, 4) is 0 Å². The minimum atomic E-state index is -0.354. The van der Waals surface area contributed by atoms with Crippen LogP contribution in [0.1, 0.15) is 44.5 Å². The van der Waals surface area contributed by atoms with Gasteiger partial charge in [-0.25, -0.2) is 4.98 Å². The Balaban J connectivity index is 1.71. The van der Waals surface area contributed by atoms with E-state index in [1.54, 1.807) is 36.4 Å². The fourth-order valence-corrected chi connectivity index (χ4v) is 2.95. The zero-order chi connectivity index (χ0) is 20.8. The highest BCUT2D eigenvalue weighted by Gasteiger charge is 2.17. The standard InChI is InChI=1S/C23H23N3O3/c1-3-18-14-21(27)26(15-25-18)13-12-24-23(29)20-7-5-4-6-19(20)22(28)17-10-8-16(2)9-11-17/h4-11,14-15H,3,12-13H2,1-2H3,(H,24,29). The Hall–Kier alpha value is -3.54. The lowest BCUT2D eigenvalue weighted by Crippen LogP contribution is -2.31. The van der Waals surface area contributed by atoms with Crippen LogP contribution in [0.15, 0.2) is 65.7 Å². The molecule has 1 heterocycles. The topological polar surface area (TPSA) is 81.1 Å². The zero-order valence-electron chi connectivity index (χ0n) is 16.5. The molecule has 0 aliphatic rings. The summed E-state index contributed by atoms with van der Waals surface area (Å²) in [6, 6.07) is 15.5. The van der Waals surface area contributed by atoms with E-state index in [0.717, 1.165) is 11.3 Å². The van der Waals surface area contributed by atoms with Gasteiger partial charge in [0.05, 0.1) is 11.9 Å². The summed E-state index contributed by atoms with van der Waals surface area (Å²) >= 11 is 0. The molecule has 2 aromatic carbocycles. The van der Waals surface area contributed by atoms with Gasteiger partial charge in [0.15, 0.2) is 5.78 Å². The Morgan fingerprint density at radius 3 is 2.38 bits per heavy atom. The van der Waals surface area contributed by atoms with Crippen LogP contribution in [0, 0.1) is 6.92 Å². The van der Waals surface area contributed by atoms with Crippen molar-refractivity contribution >= 4 is 11.7 Å². The third-order valence-corrected chi connectivity index (χ3v) is 4.67. The predicted molar refractivity (Wildman–Crippen MR) is 111 cm³/mol. The molecule has 3 rings (SSSR count). The van der Waals surface area contributed by atoms with Crippen molar-refractivity contribution in [2.24, 2.45) is 0 Å². The minimum absolute atomic E-state index is 0.152. The highest BCUT2D eigenvalue weighted by Crippen LogP contribution is 2.15. The molecule has 0 saturated carbocycles. The molecule has 1 amide bonds. The molecule has 29 heavy (non-hydrogen) atoms. The van der Waals surface area contributed by atoms with E-state index in [0.29, 0.717) is 29.7 Å². The van der Waals surface area contributed by atoms with E-state index in [1.165, 1.54) is 17.0 Å². The van der Waals surface area contributed by atoms with Gasteiger partial charge in [-0.15, -0.1) is 0 Å². The lowest BCUT2D eigenvalue weighted by Gasteiger charge is -2.11. The quantitative estimate of drug-likeness (QED) is 0.630. The summed E-state index contributed by atoms with van der Waals surface area (Å²) in [5.41, 5.74) is 2.83. The van der Waals surface area contributed by atoms with Crippen LogP contribution in [-0.2, 0) is 13.0 Å². The van der Waals surface area contributed by atoms with Gasteiger partial charge in [0.1, 0.15) is 0 Å². The summed E-state index contributed by atoms with van der Waals surface area (Å²) in [6.45, 7) is 4.43. The number of nitrogens with one attached hydrogen (secondary N) is 1. The first kappa shape index (κ1) is 20.2. The van der Waals surface area contributed by atoms with Crippen molar-refractivity contribution < 1.29 is 9.59 Å². The Morgan fingerprint density at radius 1 is 1.03 bits per heavy atom. The van der Waals surface area contributed by atoms with Crippen molar-refractivity contribution in [3.05, 3.63) is 99.2 Å². The zero-order valence-corrected chi connectivity index (χ0v) is 16.5. The van der Waals surface area contributed by atoms with Crippen molar-refractivity contribution in [1.82, 2.24) is 14.9 Å². The molecule has 0 unspecified atom stereocenters. The van der Waals surface area contributed by atoms with Crippen molar-refractivity contribution in [3.63, 3.8) is 0 Å². The molecule has 0 fully saturated rings. The fraction of sp³-hybridized carbons (Fsp3) is 0.217. The first-order valence-electron chi connectivity index (χ1n) is 9.53. The largest absolute Gasteiger partial charge is 0.350 e. The Bertz CT molecular complexity index is 1090. The number of aromatic nitrogens is 2. The maximum absolute atomic E-state index is 12.8. The number of ketones is 1. The molecule has 0 atom stereocenters. The first-order valence-corrected chi connectivity index (χ1v) is 9.53. The lowest BCUT2D eigenvalue weighted by atomic mass is 9.97. The van der Waals surface area contributed by atoms with Gasteiger partial charge in [-0.2, -0.15) is 0 Å². The molecule has 0 aliphatic carbocycles. The van der Waals surface area contributed by atoms with Crippen LogP contribution in [0.5, 0.6) is 0 Å².